The molecule has 0 aromatic carbocycles. The summed E-state index contributed by atoms with van der Waals surface area (Å²) in [4.78, 5) is 31.4. The second-order valence-electron chi connectivity index (χ2n) is 6.56. The highest BCUT2D eigenvalue weighted by Gasteiger charge is 2.38. The van der Waals surface area contributed by atoms with E-state index in [-0.39, 0.29) is 12.6 Å². The number of hydrogen-bond donors (Lipinski definition) is 1. The number of carboxylic acid groups (broad SMARTS) is 1. The average molecular weight is 341 g/mol. The highest BCUT2D eigenvalue weighted by Crippen LogP contribution is 2.27. The van der Waals surface area contributed by atoms with Gasteiger partial charge in [-0.05, 0) is 27.7 Å². The zero-order valence-corrected chi connectivity index (χ0v) is 14.7. The summed E-state index contributed by atoms with van der Waals surface area (Å²) in [6.07, 6.45) is 1.24. The molecule has 1 aromatic heterocycles. The zero-order valence-electron chi connectivity index (χ0n) is 13.9. The fourth-order valence-electron chi connectivity index (χ4n) is 2.56. The van der Waals surface area contributed by atoms with E-state index in [1.54, 1.807) is 27.0 Å². The first-order chi connectivity index (χ1) is 10.7. The summed E-state index contributed by atoms with van der Waals surface area (Å²) in [5.74, 6) is -0.943. The Labute approximate surface area is 139 Å². The molecule has 23 heavy (non-hydrogen) atoms. The molecule has 1 fully saturated rings. The van der Waals surface area contributed by atoms with E-state index >= 15 is 0 Å². The largest absolute Gasteiger partial charge is 0.480 e. The van der Waals surface area contributed by atoms with Gasteiger partial charge in [-0.2, -0.15) is 0 Å². The molecule has 2 atom stereocenters. The zero-order chi connectivity index (χ0) is 17.2. The first-order valence-corrected chi connectivity index (χ1v) is 8.43. The molecule has 1 saturated heterocycles. The molecule has 0 bridgehead atoms. The van der Waals surface area contributed by atoms with Crippen molar-refractivity contribution in [2.75, 3.05) is 19.6 Å². The van der Waals surface area contributed by atoms with E-state index in [4.69, 9.17) is 4.74 Å². The van der Waals surface area contributed by atoms with E-state index in [1.807, 2.05) is 17.2 Å². The summed E-state index contributed by atoms with van der Waals surface area (Å²) in [5.41, 5.74) is -0.596. The lowest BCUT2D eigenvalue weighted by molar-refractivity contribution is -0.146. The molecule has 0 aliphatic carbocycles. The van der Waals surface area contributed by atoms with Gasteiger partial charge in [-0.15, -0.1) is 11.3 Å². The Kier molecular flexibility index (Phi) is 5.26. The van der Waals surface area contributed by atoms with E-state index in [2.05, 4.69) is 4.98 Å². The number of carbonyl (C=O) groups is 2. The molecule has 0 radical (unpaired) electrons. The predicted molar refractivity (Wildman–Crippen MR) is 86.5 cm³/mol. The quantitative estimate of drug-likeness (QED) is 0.907. The lowest BCUT2D eigenvalue weighted by Crippen LogP contribution is -2.58. The number of aliphatic carboxylic acids is 1. The number of hydrogen-bond acceptors (Lipinski definition) is 6. The van der Waals surface area contributed by atoms with Crippen LogP contribution in [-0.4, -0.2) is 63.2 Å². The van der Waals surface area contributed by atoms with Crippen molar-refractivity contribution in [2.45, 2.75) is 45.4 Å². The molecule has 1 N–H and O–H groups in total. The van der Waals surface area contributed by atoms with Crippen LogP contribution in [0.3, 0.4) is 0 Å². The van der Waals surface area contributed by atoms with Crippen LogP contribution in [0.5, 0.6) is 0 Å². The third-order valence-corrected chi connectivity index (χ3v) is 4.61. The highest BCUT2D eigenvalue weighted by molar-refractivity contribution is 7.09. The third kappa shape index (κ3) is 4.42. The lowest BCUT2D eigenvalue weighted by atomic mass is 10.1. The van der Waals surface area contributed by atoms with Gasteiger partial charge in [-0.25, -0.2) is 9.78 Å². The van der Waals surface area contributed by atoms with Crippen molar-refractivity contribution in [3.05, 3.63) is 16.6 Å². The number of aromatic nitrogens is 1. The van der Waals surface area contributed by atoms with Crippen LogP contribution in [0.2, 0.25) is 0 Å². The second-order valence-corrected chi connectivity index (χ2v) is 7.49. The van der Waals surface area contributed by atoms with E-state index in [9.17, 15) is 14.7 Å². The van der Waals surface area contributed by atoms with Crippen molar-refractivity contribution in [1.29, 1.82) is 0 Å². The maximum atomic E-state index is 12.2. The number of thiazole rings is 1. The average Bonchev–Trinajstić information content (AvgIpc) is 2.98. The fraction of sp³-hybridized carbons (Fsp3) is 0.667. The summed E-state index contributed by atoms with van der Waals surface area (Å²) in [7, 11) is 0. The number of carboxylic acids is 1. The van der Waals surface area contributed by atoms with Crippen LogP contribution >= 0.6 is 11.3 Å². The van der Waals surface area contributed by atoms with Gasteiger partial charge in [0.2, 0.25) is 0 Å². The van der Waals surface area contributed by atoms with Gasteiger partial charge in [0.25, 0.3) is 0 Å². The van der Waals surface area contributed by atoms with Gasteiger partial charge in [0.1, 0.15) is 16.7 Å². The minimum Gasteiger partial charge on any atom is -0.480 e. The van der Waals surface area contributed by atoms with Crippen molar-refractivity contribution in [2.24, 2.45) is 0 Å². The van der Waals surface area contributed by atoms with Crippen LogP contribution in [0.15, 0.2) is 11.6 Å². The van der Waals surface area contributed by atoms with Crippen LogP contribution in [0, 0.1) is 0 Å². The fourth-order valence-corrected chi connectivity index (χ4v) is 3.27. The van der Waals surface area contributed by atoms with E-state index in [1.165, 1.54) is 16.2 Å². The maximum Gasteiger partial charge on any atom is 0.410 e. The molecule has 7 nitrogen and oxygen atoms in total. The normalized spacial score (nSPS) is 21.0. The van der Waals surface area contributed by atoms with Gasteiger partial charge in [0.15, 0.2) is 0 Å². The summed E-state index contributed by atoms with van der Waals surface area (Å²) in [5, 5.41) is 12.3. The van der Waals surface area contributed by atoms with Crippen molar-refractivity contribution in [3.8, 4) is 0 Å². The van der Waals surface area contributed by atoms with Gasteiger partial charge < -0.3 is 14.7 Å². The van der Waals surface area contributed by atoms with E-state index in [0.717, 1.165) is 5.01 Å². The number of carbonyl (C=O) groups excluding carboxylic acids is 1. The molecule has 1 amide bonds. The summed E-state index contributed by atoms with van der Waals surface area (Å²) in [6.45, 7) is 8.34. The van der Waals surface area contributed by atoms with Gasteiger partial charge >= 0.3 is 12.1 Å². The molecule has 0 unspecified atom stereocenters. The Balaban J connectivity index is 2.09. The molecule has 8 heteroatoms. The Morgan fingerprint density at radius 3 is 2.65 bits per heavy atom. The van der Waals surface area contributed by atoms with Crippen molar-refractivity contribution in [1.82, 2.24) is 14.8 Å². The Morgan fingerprint density at radius 2 is 2.13 bits per heavy atom. The maximum absolute atomic E-state index is 12.2. The summed E-state index contributed by atoms with van der Waals surface area (Å²) in [6, 6.07) is -0.868. The molecular formula is C15H23N3O4S. The van der Waals surface area contributed by atoms with Crippen molar-refractivity contribution >= 4 is 23.4 Å². The third-order valence-electron chi connectivity index (χ3n) is 3.66. The SMILES string of the molecule is C[C@H](c1nccs1)N1CCN(C(=O)OC(C)(C)C)C[C@H]1C(=O)O. The first kappa shape index (κ1) is 17.7. The lowest BCUT2D eigenvalue weighted by Gasteiger charge is -2.41. The van der Waals surface area contributed by atoms with Gasteiger partial charge in [-0.3, -0.25) is 9.69 Å². The van der Waals surface area contributed by atoms with Crippen LogP contribution in [-0.2, 0) is 9.53 Å². The van der Waals surface area contributed by atoms with Gasteiger partial charge in [0.05, 0.1) is 12.6 Å². The number of ether oxygens (including phenoxy) is 1. The summed E-state index contributed by atoms with van der Waals surface area (Å²) >= 11 is 1.50. The van der Waals surface area contributed by atoms with E-state index < -0.39 is 23.7 Å². The molecule has 128 valence electrons. The molecule has 1 aromatic rings. The van der Waals surface area contributed by atoms with Crippen LogP contribution < -0.4 is 0 Å². The monoisotopic (exact) mass is 341 g/mol. The summed E-state index contributed by atoms with van der Waals surface area (Å²) < 4.78 is 5.34. The molecule has 1 aliphatic rings. The topological polar surface area (TPSA) is 83.0 Å². The minimum atomic E-state index is -0.943. The van der Waals surface area contributed by atoms with Crippen LogP contribution in [0.1, 0.15) is 38.7 Å². The second kappa shape index (κ2) is 6.84. The number of amides is 1. The van der Waals surface area contributed by atoms with Crippen LogP contribution in [0.4, 0.5) is 4.79 Å². The molecule has 1 aliphatic heterocycles. The molecule has 2 rings (SSSR count). The minimum absolute atomic E-state index is 0.100. The molecule has 0 spiro atoms. The Morgan fingerprint density at radius 1 is 1.43 bits per heavy atom. The number of rotatable bonds is 3. The van der Waals surface area contributed by atoms with Crippen molar-refractivity contribution < 1.29 is 19.4 Å². The van der Waals surface area contributed by atoms with Crippen LogP contribution in [0.25, 0.3) is 0 Å². The Bertz CT molecular complexity index is 556. The molecule has 2 heterocycles. The van der Waals surface area contributed by atoms with Gasteiger partial charge in [0, 0.05) is 24.7 Å². The van der Waals surface area contributed by atoms with E-state index in [0.29, 0.717) is 13.1 Å². The number of nitrogens with zero attached hydrogens (tertiary/aromatic N) is 3. The smallest absolute Gasteiger partial charge is 0.410 e. The van der Waals surface area contributed by atoms with Crippen molar-refractivity contribution in [3.63, 3.8) is 0 Å². The predicted octanol–water partition coefficient (Wildman–Crippen LogP) is 2.21. The highest BCUT2D eigenvalue weighted by atomic mass is 32.1. The standard InChI is InChI=1S/C15H23N3O4S/c1-10(12-16-5-8-23-12)18-7-6-17(9-11(18)13(19)20)14(21)22-15(2,3)4/h5,8,10-11H,6-7,9H2,1-4H3,(H,19,20)/t10-,11+/m1/s1. The number of piperazine rings is 1. The first-order valence-electron chi connectivity index (χ1n) is 7.55. The Hall–Kier alpha value is -1.67. The molecule has 0 saturated carbocycles. The molecular weight excluding hydrogens is 318 g/mol. The van der Waals surface area contributed by atoms with Gasteiger partial charge in [-0.1, -0.05) is 0 Å².